The van der Waals surface area contributed by atoms with Crippen LogP contribution in [0, 0.1) is 0 Å². The Balaban J connectivity index is 2.17. The Hall–Kier alpha value is -2.24. The molecule has 0 aromatic heterocycles. The summed E-state index contributed by atoms with van der Waals surface area (Å²) in [4.78, 5) is 25.9. The molecule has 1 aromatic carbocycles. The van der Waals surface area contributed by atoms with Gasteiger partial charge in [-0.15, -0.1) is 0 Å². The number of anilines is 2. The highest BCUT2D eigenvalue weighted by Gasteiger charge is 2.30. The fraction of sp³-hybridized carbons (Fsp3) is 0.556. The third-order valence-corrected chi connectivity index (χ3v) is 3.28. The number of carbonyl (C=O) groups is 2. The van der Waals surface area contributed by atoms with Crippen LogP contribution in [0.2, 0.25) is 0 Å². The molecule has 2 amide bonds. The fourth-order valence-corrected chi connectivity index (χ4v) is 2.47. The summed E-state index contributed by atoms with van der Waals surface area (Å²) in [5, 5.41) is 2.77. The SMILES string of the molecule is CC(C)(C)OC(=O)Nc1cccc2c1CCN2C(=O)OC(C)(C)C. The molecule has 6 heteroatoms. The molecule has 0 spiro atoms. The molecule has 132 valence electrons. The van der Waals surface area contributed by atoms with Gasteiger partial charge in [-0.25, -0.2) is 9.59 Å². The first-order chi connectivity index (χ1) is 11.0. The van der Waals surface area contributed by atoms with Gasteiger partial charge in [0.15, 0.2) is 0 Å². The average molecular weight is 334 g/mol. The van der Waals surface area contributed by atoms with Gasteiger partial charge in [-0.3, -0.25) is 10.2 Å². The van der Waals surface area contributed by atoms with E-state index in [1.54, 1.807) is 17.0 Å². The van der Waals surface area contributed by atoms with E-state index in [0.29, 0.717) is 18.7 Å². The summed E-state index contributed by atoms with van der Waals surface area (Å²) in [5.74, 6) is 0. The molecule has 24 heavy (non-hydrogen) atoms. The topological polar surface area (TPSA) is 67.9 Å². The second-order valence-corrected chi connectivity index (χ2v) is 7.81. The van der Waals surface area contributed by atoms with Crippen molar-refractivity contribution in [3.05, 3.63) is 23.8 Å². The first-order valence-corrected chi connectivity index (χ1v) is 8.09. The second-order valence-electron chi connectivity index (χ2n) is 7.81. The van der Waals surface area contributed by atoms with Crippen molar-refractivity contribution in [2.75, 3.05) is 16.8 Å². The van der Waals surface area contributed by atoms with Crippen LogP contribution >= 0.6 is 0 Å². The number of nitrogens with zero attached hydrogens (tertiary/aromatic N) is 1. The van der Waals surface area contributed by atoms with E-state index in [1.165, 1.54) is 0 Å². The van der Waals surface area contributed by atoms with Gasteiger partial charge in [0, 0.05) is 17.8 Å². The normalized spacial score (nSPS) is 14.2. The zero-order chi connectivity index (χ0) is 18.1. The summed E-state index contributed by atoms with van der Waals surface area (Å²) in [6.45, 7) is 11.5. The number of ether oxygens (including phenoxy) is 2. The van der Waals surface area contributed by atoms with E-state index in [2.05, 4.69) is 5.32 Å². The number of hydrogen-bond acceptors (Lipinski definition) is 4. The Morgan fingerprint density at radius 3 is 2.25 bits per heavy atom. The number of nitrogens with one attached hydrogen (secondary N) is 1. The van der Waals surface area contributed by atoms with Gasteiger partial charge < -0.3 is 9.47 Å². The third kappa shape index (κ3) is 4.63. The van der Waals surface area contributed by atoms with Crippen molar-refractivity contribution in [1.29, 1.82) is 0 Å². The summed E-state index contributed by atoms with van der Waals surface area (Å²) < 4.78 is 10.7. The predicted octanol–water partition coefficient (Wildman–Crippen LogP) is 4.33. The monoisotopic (exact) mass is 334 g/mol. The minimum atomic E-state index is -0.565. The van der Waals surface area contributed by atoms with E-state index in [9.17, 15) is 9.59 Å². The van der Waals surface area contributed by atoms with Gasteiger partial charge in [0.2, 0.25) is 0 Å². The highest BCUT2D eigenvalue weighted by molar-refractivity contribution is 5.94. The molecule has 0 bridgehead atoms. The van der Waals surface area contributed by atoms with Crippen LogP contribution < -0.4 is 10.2 Å². The molecule has 1 aliphatic heterocycles. The van der Waals surface area contributed by atoms with Crippen LogP contribution in [0.25, 0.3) is 0 Å². The van der Waals surface area contributed by atoms with Crippen molar-refractivity contribution < 1.29 is 19.1 Å². The number of carbonyl (C=O) groups excluding carboxylic acids is 2. The lowest BCUT2D eigenvalue weighted by Crippen LogP contribution is -2.35. The third-order valence-electron chi connectivity index (χ3n) is 3.28. The summed E-state index contributed by atoms with van der Waals surface area (Å²) in [5.41, 5.74) is 1.22. The van der Waals surface area contributed by atoms with Gasteiger partial charge in [-0.1, -0.05) is 6.07 Å². The molecular formula is C18H26N2O4. The molecule has 0 unspecified atom stereocenters. The Kier molecular flexibility index (Phi) is 4.78. The Morgan fingerprint density at radius 2 is 1.67 bits per heavy atom. The number of rotatable bonds is 1. The number of benzene rings is 1. The van der Waals surface area contributed by atoms with Crippen LogP contribution in [0.3, 0.4) is 0 Å². The van der Waals surface area contributed by atoms with Crippen molar-refractivity contribution in [2.45, 2.75) is 59.2 Å². The van der Waals surface area contributed by atoms with E-state index in [4.69, 9.17) is 9.47 Å². The number of fused-ring (bicyclic) bond motifs is 1. The van der Waals surface area contributed by atoms with Gasteiger partial charge in [0.05, 0.1) is 5.69 Å². The summed E-state index contributed by atoms with van der Waals surface area (Å²) in [6.07, 6.45) is -0.233. The molecule has 0 saturated heterocycles. The van der Waals surface area contributed by atoms with Gasteiger partial charge in [0.1, 0.15) is 11.2 Å². The van der Waals surface area contributed by atoms with Crippen molar-refractivity contribution in [3.63, 3.8) is 0 Å². The maximum Gasteiger partial charge on any atom is 0.414 e. The minimum absolute atomic E-state index is 0.379. The van der Waals surface area contributed by atoms with Crippen molar-refractivity contribution >= 4 is 23.6 Å². The maximum absolute atomic E-state index is 12.3. The van der Waals surface area contributed by atoms with Crippen LogP contribution in [0.15, 0.2) is 18.2 Å². The minimum Gasteiger partial charge on any atom is -0.444 e. The zero-order valence-electron chi connectivity index (χ0n) is 15.2. The highest BCUT2D eigenvalue weighted by Crippen LogP contribution is 2.34. The van der Waals surface area contributed by atoms with Crippen molar-refractivity contribution in [3.8, 4) is 0 Å². The molecule has 1 heterocycles. The summed E-state index contributed by atoms with van der Waals surface area (Å²) in [7, 11) is 0. The van der Waals surface area contributed by atoms with E-state index in [-0.39, 0.29) is 6.09 Å². The lowest BCUT2D eigenvalue weighted by molar-refractivity contribution is 0.0582. The maximum atomic E-state index is 12.3. The smallest absolute Gasteiger partial charge is 0.414 e. The van der Waals surface area contributed by atoms with E-state index in [1.807, 2.05) is 47.6 Å². The molecule has 2 rings (SSSR count). The molecule has 1 aromatic rings. The quantitative estimate of drug-likeness (QED) is 0.830. The molecule has 1 N–H and O–H groups in total. The Labute approximate surface area is 143 Å². The fourth-order valence-electron chi connectivity index (χ4n) is 2.47. The van der Waals surface area contributed by atoms with Crippen molar-refractivity contribution in [1.82, 2.24) is 0 Å². The molecule has 0 fully saturated rings. The first kappa shape index (κ1) is 18.1. The van der Waals surface area contributed by atoms with E-state index < -0.39 is 17.3 Å². The second kappa shape index (κ2) is 6.34. The predicted molar refractivity (Wildman–Crippen MR) is 93.6 cm³/mol. The van der Waals surface area contributed by atoms with Crippen LogP contribution in [0.5, 0.6) is 0 Å². The van der Waals surface area contributed by atoms with E-state index in [0.717, 1.165) is 11.3 Å². The average Bonchev–Trinajstić information content (AvgIpc) is 2.79. The van der Waals surface area contributed by atoms with Crippen LogP contribution in [0.4, 0.5) is 21.0 Å². The molecule has 1 aliphatic rings. The van der Waals surface area contributed by atoms with Crippen LogP contribution in [0.1, 0.15) is 47.1 Å². The zero-order valence-corrected chi connectivity index (χ0v) is 15.2. The standard InChI is InChI=1S/C18H26N2O4/c1-17(2,3)23-15(21)19-13-8-7-9-14-12(13)10-11-20(14)16(22)24-18(4,5)6/h7-9H,10-11H2,1-6H3,(H,19,21). The van der Waals surface area contributed by atoms with Gasteiger partial charge >= 0.3 is 12.2 Å². The van der Waals surface area contributed by atoms with Crippen LogP contribution in [-0.2, 0) is 15.9 Å². The number of hydrogen-bond donors (Lipinski definition) is 1. The summed E-state index contributed by atoms with van der Waals surface area (Å²) in [6, 6.07) is 5.46. The highest BCUT2D eigenvalue weighted by atomic mass is 16.6. The molecule has 0 saturated carbocycles. The van der Waals surface area contributed by atoms with Crippen LogP contribution in [-0.4, -0.2) is 29.9 Å². The summed E-state index contributed by atoms with van der Waals surface area (Å²) >= 11 is 0. The van der Waals surface area contributed by atoms with Gasteiger partial charge in [0.25, 0.3) is 0 Å². The van der Waals surface area contributed by atoms with Crippen molar-refractivity contribution in [2.24, 2.45) is 0 Å². The molecule has 0 radical (unpaired) electrons. The van der Waals surface area contributed by atoms with E-state index >= 15 is 0 Å². The van der Waals surface area contributed by atoms with Gasteiger partial charge in [-0.2, -0.15) is 0 Å². The molecule has 0 aliphatic carbocycles. The number of amides is 2. The molecular weight excluding hydrogens is 308 g/mol. The first-order valence-electron chi connectivity index (χ1n) is 8.09. The van der Waals surface area contributed by atoms with Gasteiger partial charge in [-0.05, 0) is 60.1 Å². The lowest BCUT2D eigenvalue weighted by atomic mass is 10.1. The molecule has 6 nitrogen and oxygen atoms in total. The Bertz CT molecular complexity index is 641. The molecule has 0 atom stereocenters. The largest absolute Gasteiger partial charge is 0.444 e. The Morgan fingerprint density at radius 1 is 1.04 bits per heavy atom. The lowest BCUT2D eigenvalue weighted by Gasteiger charge is -2.25.